The first-order chi connectivity index (χ1) is 10.7. The van der Waals surface area contributed by atoms with Gasteiger partial charge in [0.05, 0.1) is 6.61 Å². The van der Waals surface area contributed by atoms with Crippen molar-refractivity contribution in [1.29, 1.82) is 0 Å². The molecule has 0 unspecified atom stereocenters. The van der Waals surface area contributed by atoms with E-state index in [0.29, 0.717) is 0 Å². The highest BCUT2D eigenvalue weighted by atomic mass is 16.6. The van der Waals surface area contributed by atoms with E-state index < -0.39 is 18.1 Å². The van der Waals surface area contributed by atoms with Gasteiger partial charge in [0.15, 0.2) is 0 Å². The first-order valence-electron chi connectivity index (χ1n) is 6.82. The Hall–Kier alpha value is -2.73. The standard InChI is InChI=1S/C14H18N4O4/c1-2-21-13(19)12(8-9-16-18-15)17-14(20)22-10-11-6-4-3-5-7-11/h3-7,12H,2,8-10H2,1H3,(H,17,20)/t12-/m0/s1. The quantitative estimate of drug-likeness (QED) is 0.344. The van der Waals surface area contributed by atoms with Gasteiger partial charge in [-0.3, -0.25) is 0 Å². The van der Waals surface area contributed by atoms with Crippen LogP contribution in [0.2, 0.25) is 0 Å². The highest BCUT2D eigenvalue weighted by Crippen LogP contribution is 2.02. The van der Waals surface area contributed by atoms with E-state index in [-0.39, 0.29) is 26.2 Å². The summed E-state index contributed by atoms with van der Waals surface area (Å²) in [6.07, 6.45) is -0.591. The predicted octanol–water partition coefficient (Wildman–Crippen LogP) is 2.54. The lowest BCUT2D eigenvalue weighted by Crippen LogP contribution is -2.42. The van der Waals surface area contributed by atoms with Crippen LogP contribution in [0.1, 0.15) is 18.9 Å². The summed E-state index contributed by atoms with van der Waals surface area (Å²) in [5, 5.41) is 5.75. The molecule has 1 amide bonds. The third-order valence-corrected chi connectivity index (χ3v) is 2.66. The van der Waals surface area contributed by atoms with Crippen molar-refractivity contribution < 1.29 is 19.1 Å². The average molecular weight is 306 g/mol. The van der Waals surface area contributed by atoms with Gasteiger partial charge in [0.25, 0.3) is 0 Å². The van der Waals surface area contributed by atoms with Crippen molar-refractivity contribution in [3.8, 4) is 0 Å². The molecule has 0 radical (unpaired) electrons. The SMILES string of the molecule is CCOC(=O)[C@H](CCN=[N+]=[N-])NC(=O)OCc1ccccc1. The fraction of sp³-hybridized carbons (Fsp3) is 0.429. The van der Waals surface area contributed by atoms with Crippen molar-refractivity contribution in [3.63, 3.8) is 0 Å². The van der Waals surface area contributed by atoms with Gasteiger partial charge >= 0.3 is 12.1 Å². The maximum atomic E-state index is 11.7. The van der Waals surface area contributed by atoms with Crippen LogP contribution in [-0.2, 0) is 20.9 Å². The van der Waals surface area contributed by atoms with Gasteiger partial charge in [-0.25, -0.2) is 9.59 Å². The third kappa shape index (κ3) is 6.62. The number of azide groups is 1. The number of hydrogen-bond donors (Lipinski definition) is 1. The molecule has 0 fully saturated rings. The summed E-state index contributed by atoms with van der Waals surface area (Å²) in [6.45, 7) is 2.02. The molecule has 0 spiro atoms. The molecule has 1 aromatic rings. The molecular formula is C14H18N4O4. The molecule has 22 heavy (non-hydrogen) atoms. The zero-order valence-corrected chi connectivity index (χ0v) is 12.3. The number of benzene rings is 1. The lowest BCUT2D eigenvalue weighted by molar-refractivity contribution is -0.145. The number of ether oxygens (including phenoxy) is 2. The second-order valence-electron chi connectivity index (χ2n) is 4.25. The number of nitrogens with zero attached hydrogens (tertiary/aromatic N) is 3. The van der Waals surface area contributed by atoms with Gasteiger partial charge in [-0.15, -0.1) is 0 Å². The van der Waals surface area contributed by atoms with E-state index in [1.165, 1.54) is 0 Å². The van der Waals surface area contributed by atoms with Crippen LogP contribution in [0.3, 0.4) is 0 Å². The van der Waals surface area contributed by atoms with Crippen molar-refractivity contribution in [2.24, 2.45) is 5.11 Å². The monoisotopic (exact) mass is 306 g/mol. The molecule has 0 aliphatic heterocycles. The maximum Gasteiger partial charge on any atom is 0.408 e. The lowest BCUT2D eigenvalue weighted by atomic mass is 10.2. The zero-order chi connectivity index (χ0) is 16.2. The molecule has 118 valence electrons. The Morgan fingerprint density at radius 1 is 1.32 bits per heavy atom. The van der Waals surface area contributed by atoms with Gasteiger partial charge < -0.3 is 14.8 Å². The number of carbonyl (C=O) groups is 2. The Morgan fingerprint density at radius 2 is 2.05 bits per heavy atom. The van der Waals surface area contributed by atoms with Crippen LogP contribution in [0.4, 0.5) is 4.79 Å². The molecule has 1 atom stereocenters. The van der Waals surface area contributed by atoms with Crippen LogP contribution in [0.5, 0.6) is 0 Å². The van der Waals surface area contributed by atoms with E-state index in [1.807, 2.05) is 30.3 Å². The Kier molecular flexibility index (Phi) is 7.92. The molecule has 0 aliphatic carbocycles. The molecule has 0 bridgehead atoms. The molecule has 8 heteroatoms. The van der Waals surface area contributed by atoms with Crippen LogP contribution < -0.4 is 5.32 Å². The molecule has 0 heterocycles. The van der Waals surface area contributed by atoms with Gasteiger partial charge in [0.1, 0.15) is 12.6 Å². The molecule has 8 nitrogen and oxygen atoms in total. The molecule has 0 saturated carbocycles. The first-order valence-corrected chi connectivity index (χ1v) is 6.82. The summed E-state index contributed by atoms with van der Waals surface area (Å²) in [7, 11) is 0. The number of alkyl carbamates (subject to hydrolysis) is 1. The highest BCUT2D eigenvalue weighted by Gasteiger charge is 2.22. The number of amides is 1. The summed E-state index contributed by atoms with van der Waals surface area (Å²) in [5.41, 5.74) is 9.08. The third-order valence-electron chi connectivity index (χ3n) is 2.66. The largest absolute Gasteiger partial charge is 0.464 e. The Morgan fingerprint density at radius 3 is 2.68 bits per heavy atom. The van der Waals surface area contributed by atoms with Crippen LogP contribution in [-0.4, -0.2) is 31.3 Å². The average Bonchev–Trinajstić information content (AvgIpc) is 2.53. The minimum atomic E-state index is -0.909. The fourth-order valence-electron chi connectivity index (χ4n) is 1.63. The molecule has 1 aromatic carbocycles. The molecule has 1 rings (SSSR count). The predicted molar refractivity (Wildman–Crippen MR) is 78.8 cm³/mol. The summed E-state index contributed by atoms with van der Waals surface area (Å²) >= 11 is 0. The summed E-state index contributed by atoms with van der Waals surface area (Å²) in [5.74, 6) is -0.590. The van der Waals surface area contributed by atoms with E-state index in [0.717, 1.165) is 5.56 Å². The minimum absolute atomic E-state index is 0.0684. The summed E-state index contributed by atoms with van der Waals surface area (Å²) in [4.78, 5) is 26.0. The van der Waals surface area contributed by atoms with Crippen molar-refractivity contribution >= 4 is 12.1 Å². The second kappa shape index (κ2) is 10.1. The van der Waals surface area contributed by atoms with Crippen molar-refractivity contribution in [3.05, 3.63) is 46.3 Å². The number of rotatable bonds is 8. The maximum absolute atomic E-state index is 11.7. The molecule has 0 saturated heterocycles. The smallest absolute Gasteiger partial charge is 0.408 e. The van der Waals surface area contributed by atoms with E-state index in [4.69, 9.17) is 15.0 Å². The van der Waals surface area contributed by atoms with Crippen LogP contribution in [0.15, 0.2) is 35.4 Å². The van der Waals surface area contributed by atoms with Crippen LogP contribution >= 0.6 is 0 Å². The van der Waals surface area contributed by atoms with E-state index in [1.54, 1.807) is 6.92 Å². The second-order valence-corrected chi connectivity index (χ2v) is 4.25. The van der Waals surface area contributed by atoms with Gasteiger partial charge in [0, 0.05) is 11.5 Å². The lowest BCUT2D eigenvalue weighted by Gasteiger charge is -2.16. The summed E-state index contributed by atoms with van der Waals surface area (Å²) < 4.78 is 9.89. The van der Waals surface area contributed by atoms with Crippen molar-refractivity contribution in [2.45, 2.75) is 26.0 Å². The minimum Gasteiger partial charge on any atom is -0.464 e. The van der Waals surface area contributed by atoms with Crippen molar-refractivity contribution in [1.82, 2.24) is 5.32 Å². The molecular weight excluding hydrogens is 288 g/mol. The number of nitrogens with one attached hydrogen (secondary N) is 1. The molecule has 0 aliphatic rings. The molecule has 0 aromatic heterocycles. The Labute approximate surface area is 128 Å². The van der Waals surface area contributed by atoms with Crippen LogP contribution in [0, 0.1) is 0 Å². The highest BCUT2D eigenvalue weighted by molar-refractivity contribution is 5.81. The zero-order valence-electron chi connectivity index (χ0n) is 12.3. The summed E-state index contributed by atoms with van der Waals surface area (Å²) in [6, 6.07) is 8.25. The Bertz CT molecular complexity index is 529. The fourth-order valence-corrected chi connectivity index (χ4v) is 1.63. The number of esters is 1. The van der Waals surface area contributed by atoms with Gasteiger partial charge in [-0.2, -0.15) is 0 Å². The first kappa shape index (κ1) is 17.3. The van der Waals surface area contributed by atoms with Gasteiger partial charge in [0.2, 0.25) is 0 Å². The molecule has 1 N–H and O–H groups in total. The van der Waals surface area contributed by atoms with E-state index in [2.05, 4.69) is 15.3 Å². The van der Waals surface area contributed by atoms with Gasteiger partial charge in [-0.05, 0) is 24.4 Å². The topological polar surface area (TPSA) is 113 Å². The van der Waals surface area contributed by atoms with Gasteiger partial charge in [-0.1, -0.05) is 35.4 Å². The Balaban J connectivity index is 2.50. The van der Waals surface area contributed by atoms with Crippen molar-refractivity contribution in [2.75, 3.05) is 13.2 Å². The normalized spacial score (nSPS) is 11.0. The van der Waals surface area contributed by atoms with Crippen LogP contribution in [0.25, 0.3) is 10.4 Å². The number of hydrogen-bond acceptors (Lipinski definition) is 5. The number of carbonyl (C=O) groups excluding carboxylic acids is 2. The van der Waals surface area contributed by atoms with E-state index in [9.17, 15) is 9.59 Å². The van der Waals surface area contributed by atoms with E-state index >= 15 is 0 Å².